The van der Waals surface area contributed by atoms with Gasteiger partial charge in [-0.3, -0.25) is 13.9 Å². The Balaban J connectivity index is 2.05. The number of amides is 2. The molecule has 39 heavy (non-hydrogen) atoms. The fourth-order valence-electron chi connectivity index (χ4n) is 4.21. The van der Waals surface area contributed by atoms with Crippen molar-refractivity contribution in [2.75, 3.05) is 10.8 Å². The highest BCUT2D eigenvalue weighted by Gasteiger charge is 2.33. The summed E-state index contributed by atoms with van der Waals surface area (Å²) < 4.78 is 29.0. The van der Waals surface area contributed by atoms with E-state index in [9.17, 15) is 18.0 Å². The monoisotopic (exact) mass is 549 g/mol. The first kappa shape index (κ1) is 29.9. The van der Waals surface area contributed by atoms with Crippen LogP contribution in [0.2, 0.25) is 0 Å². The third-order valence-electron chi connectivity index (χ3n) is 7.04. The molecule has 2 amide bonds. The molecule has 0 aliphatic carbocycles. The Morgan fingerprint density at radius 1 is 0.846 bits per heavy atom. The summed E-state index contributed by atoms with van der Waals surface area (Å²) in [4.78, 5) is 28.7. The summed E-state index contributed by atoms with van der Waals surface area (Å²) in [6.07, 6.45) is 0.750. The number of carbonyl (C=O) groups excluding carboxylic acids is 2. The molecule has 7 nitrogen and oxygen atoms in total. The van der Waals surface area contributed by atoms with E-state index in [0.29, 0.717) is 11.3 Å². The molecule has 8 heteroatoms. The van der Waals surface area contributed by atoms with Crippen LogP contribution in [0.25, 0.3) is 0 Å². The van der Waals surface area contributed by atoms with Crippen LogP contribution in [0, 0.1) is 20.8 Å². The van der Waals surface area contributed by atoms with E-state index in [-0.39, 0.29) is 23.4 Å². The first-order valence-electron chi connectivity index (χ1n) is 13.2. The molecule has 3 aromatic rings. The van der Waals surface area contributed by atoms with Crippen LogP contribution in [0.15, 0.2) is 77.7 Å². The number of aryl methyl sites for hydroxylation is 3. The van der Waals surface area contributed by atoms with Gasteiger partial charge < -0.3 is 10.2 Å². The standard InChI is InChI=1S/C31H39N3O4S/c1-7-25(5)32-31(36)26(6)33(20-27-14-10-8-12-23(27)3)30(35)21-34(29-15-11-9-13-24(29)4)39(37,38)28-18-16-22(2)17-19-28/h8-19,25-26H,7,20-21H2,1-6H3,(H,32,36). The minimum Gasteiger partial charge on any atom is -0.352 e. The summed E-state index contributed by atoms with van der Waals surface area (Å²) >= 11 is 0. The third-order valence-corrected chi connectivity index (χ3v) is 8.82. The van der Waals surface area contributed by atoms with Crippen molar-refractivity contribution in [1.29, 1.82) is 0 Å². The highest BCUT2D eigenvalue weighted by molar-refractivity contribution is 7.92. The van der Waals surface area contributed by atoms with Crippen LogP contribution in [0.3, 0.4) is 0 Å². The molecule has 0 radical (unpaired) electrons. The number of rotatable bonds is 11. The van der Waals surface area contributed by atoms with Gasteiger partial charge in [-0.2, -0.15) is 0 Å². The Kier molecular flexibility index (Phi) is 9.92. The molecule has 0 spiro atoms. The van der Waals surface area contributed by atoms with Gasteiger partial charge in [0.25, 0.3) is 10.0 Å². The molecule has 0 aliphatic rings. The molecule has 3 aromatic carbocycles. The van der Waals surface area contributed by atoms with Crippen LogP contribution in [0.5, 0.6) is 0 Å². The summed E-state index contributed by atoms with van der Waals surface area (Å²) in [5, 5.41) is 2.96. The number of para-hydroxylation sites is 1. The van der Waals surface area contributed by atoms with Gasteiger partial charge >= 0.3 is 0 Å². The number of nitrogens with zero attached hydrogens (tertiary/aromatic N) is 2. The molecule has 2 unspecified atom stereocenters. The maximum atomic E-state index is 14.0. The molecule has 3 rings (SSSR count). The lowest BCUT2D eigenvalue weighted by atomic mass is 10.1. The summed E-state index contributed by atoms with van der Waals surface area (Å²) in [7, 11) is -4.09. The molecular weight excluding hydrogens is 510 g/mol. The second-order valence-electron chi connectivity index (χ2n) is 10.1. The van der Waals surface area contributed by atoms with Crippen molar-refractivity contribution in [2.45, 2.75) is 71.5 Å². The molecular formula is C31H39N3O4S. The first-order chi connectivity index (χ1) is 18.4. The van der Waals surface area contributed by atoms with Crippen molar-refractivity contribution >= 4 is 27.5 Å². The topological polar surface area (TPSA) is 86.8 Å². The van der Waals surface area contributed by atoms with Gasteiger partial charge in [-0.15, -0.1) is 0 Å². The summed E-state index contributed by atoms with van der Waals surface area (Å²) in [5.41, 5.74) is 3.93. The zero-order valence-electron chi connectivity index (χ0n) is 23.6. The van der Waals surface area contributed by atoms with Gasteiger partial charge in [0.15, 0.2) is 0 Å². The molecule has 0 bridgehead atoms. The smallest absolute Gasteiger partial charge is 0.264 e. The SMILES string of the molecule is CCC(C)NC(=O)C(C)N(Cc1ccccc1C)C(=O)CN(c1ccccc1C)S(=O)(=O)c1ccc(C)cc1. The zero-order valence-corrected chi connectivity index (χ0v) is 24.5. The predicted molar refractivity (Wildman–Crippen MR) is 156 cm³/mol. The maximum absolute atomic E-state index is 14.0. The van der Waals surface area contributed by atoms with Gasteiger partial charge in [0, 0.05) is 12.6 Å². The Hall–Kier alpha value is -3.65. The van der Waals surface area contributed by atoms with Crippen molar-refractivity contribution in [3.05, 3.63) is 95.1 Å². The highest BCUT2D eigenvalue weighted by Crippen LogP contribution is 2.27. The Labute approximate surface area is 232 Å². The van der Waals surface area contributed by atoms with Gasteiger partial charge in [0.05, 0.1) is 10.6 Å². The Bertz CT molecular complexity index is 1400. The second-order valence-corrected chi connectivity index (χ2v) is 11.9. The van der Waals surface area contributed by atoms with Gasteiger partial charge in [-0.1, -0.05) is 67.1 Å². The van der Waals surface area contributed by atoms with Crippen LogP contribution < -0.4 is 9.62 Å². The molecule has 2 atom stereocenters. The van der Waals surface area contributed by atoms with Crippen LogP contribution in [-0.4, -0.2) is 43.8 Å². The van der Waals surface area contributed by atoms with Gasteiger partial charge in [-0.05, 0) is 75.9 Å². The van der Waals surface area contributed by atoms with Crippen LogP contribution >= 0.6 is 0 Å². The second kappa shape index (κ2) is 12.9. The van der Waals surface area contributed by atoms with E-state index in [4.69, 9.17) is 0 Å². The molecule has 0 aliphatic heterocycles. The third kappa shape index (κ3) is 7.26. The normalized spacial score (nSPS) is 12.9. The number of nitrogens with one attached hydrogen (secondary N) is 1. The van der Waals surface area contributed by atoms with Crippen molar-refractivity contribution in [2.24, 2.45) is 0 Å². The molecule has 1 N–H and O–H groups in total. The molecule has 0 aromatic heterocycles. The largest absolute Gasteiger partial charge is 0.352 e. The summed E-state index contributed by atoms with van der Waals surface area (Å²) in [5.74, 6) is -0.751. The van der Waals surface area contributed by atoms with Crippen LogP contribution in [-0.2, 0) is 26.2 Å². The Morgan fingerprint density at radius 2 is 1.44 bits per heavy atom. The zero-order chi connectivity index (χ0) is 28.7. The maximum Gasteiger partial charge on any atom is 0.264 e. The van der Waals surface area contributed by atoms with Crippen molar-refractivity contribution < 1.29 is 18.0 Å². The van der Waals surface area contributed by atoms with E-state index in [2.05, 4.69) is 5.32 Å². The van der Waals surface area contributed by atoms with E-state index in [1.54, 1.807) is 43.3 Å². The van der Waals surface area contributed by atoms with E-state index < -0.39 is 28.5 Å². The van der Waals surface area contributed by atoms with Gasteiger partial charge in [0.2, 0.25) is 11.8 Å². The molecule has 0 heterocycles. The molecule has 208 valence electrons. The number of benzene rings is 3. The number of carbonyl (C=O) groups is 2. The van der Waals surface area contributed by atoms with Crippen LogP contribution in [0.1, 0.15) is 49.4 Å². The van der Waals surface area contributed by atoms with E-state index in [1.165, 1.54) is 4.90 Å². The number of hydrogen-bond donors (Lipinski definition) is 1. The quantitative estimate of drug-likeness (QED) is 0.359. The van der Waals surface area contributed by atoms with Crippen molar-refractivity contribution in [3.63, 3.8) is 0 Å². The lowest BCUT2D eigenvalue weighted by molar-refractivity contribution is -0.139. The van der Waals surface area contributed by atoms with E-state index in [1.807, 2.05) is 71.0 Å². The molecule has 0 fully saturated rings. The highest BCUT2D eigenvalue weighted by atomic mass is 32.2. The number of sulfonamides is 1. The summed E-state index contributed by atoms with van der Waals surface area (Å²) in [6.45, 7) is 10.9. The fourth-order valence-corrected chi connectivity index (χ4v) is 5.69. The number of hydrogen-bond acceptors (Lipinski definition) is 4. The average molecular weight is 550 g/mol. The van der Waals surface area contributed by atoms with Crippen molar-refractivity contribution in [1.82, 2.24) is 10.2 Å². The Morgan fingerprint density at radius 3 is 2.03 bits per heavy atom. The average Bonchev–Trinajstić information content (AvgIpc) is 2.91. The molecule has 0 saturated heterocycles. The summed E-state index contributed by atoms with van der Waals surface area (Å²) in [6, 6.07) is 20.4. The fraction of sp³-hybridized carbons (Fsp3) is 0.355. The lowest BCUT2D eigenvalue weighted by Gasteiger charge is -2.33. The van der Waals surface area contributed by atoms with Gasteiger partial charge in [-0.25, -0.2) is 8.42 Å². The predicted octanol–water partition coefficient (Wildman–Crippen LogP) is 5.14. The van der Waals surface area contributed by atoms with Crippen molar-refractivity contribution in [3.8, 4) is 0 Å². The van der Waals surface area contributed by atoms with E-state index in [0.717, 1.165) is 27.4 Å². The van der Waals surface area contributed by atoms with Crippen LogP contribution in [0.4, 0.5) is 5.69 Å². The minimum absolute atomic E-state index is 0.0549. The van der Waals surface area contributed by atoms with Gasteiger partial charge in [0.1, 0.15) is 12.6 Å². The minimum atomic E-state index is -4.09. The first-order valence-corrected chi connectivity index (χ1v) is 14.7. The lowest BCUT2D eigenvalue weighted by Crippen LogP contribution is -2.52. The number of anilines is 1. The molecule has 0 saturated carbocycles. The van der Waals surface area contributed by atoms with E-state index >= 15 is 0 Å².